The molecule has 0 spiro atoms. The van der Waals surface area contributed by atoms with Crippen LogP contribution >= 0.6 is 0 Å². The molecule has 2 N–H and O–H groups in total. The number of rotatable bonds is 7. The number of para-hydroxylation sites is 1. The summed E-state index contributed by atoms with van der Waals surface area (Å²) in [6, 6.07) is 9.85. The van der Waals surface area contributed by atoms with Gasteiger partial charge in [-0.05, 0) is 25.0 Å². The van der Waals surface area contributed by atoms with Crippen LogP contribution < -0.4 is 10.0 Å². The van der Waals surface area contributed by atoms with Crippen molar-refractivity contribution in [3.63, 3.8) is 0 Å². The molecule has 124 valence electrons. The molecule has 0 atom stereocenters. The first-order valence-electron chi connectivity index (χ1n) is 7.65. The SMILES string of the molecule is Cc1cc(NCCNS(=O)(=O)C=CC(C)C)c2ccccc2n1. The Bertz CT molecular complexity index is 799. The second-order valence-electron chi connectivity index (χ2n) is 5.77. The molecule has 0 unspecified atom stereocenters. The highest BCUT2D eigenvalue weighted by Crippen LogP contribution is 2.22. The van der Waals surface area contributed by atoms with E-state index in [1.165, 1.54) is 5.41 Å². The van der Waals surface area contributed by atoms with Crippen molar-refractivity contribution in [3.05, 3.63) is 47.5 Å². The third kappa shape index (κ3) is 5.33. The average molecular weight is 333 g/mol. The minimum Gasteiger partial charge on any atom is -0.383 e. The number of allylic oxidation sites excluding steroid dienone is 1. The van der Waals surface area contributed by atoms with Gasteiger partial charge in [0.25, 0.3) is 0 Å². The maximum atomic E-state index is 11.8. The third-order valence-electron chi connectivity index (χ3n) is 3.23. The first-order valence-corrected chi connectivity index (χ1v) is 9.20. The van der Waals surface area contributed by atoms with Gasteiger partial charge in [-0.15, -0.1) is 0 Å². The van der Waals surface area contributed by atoms with Crippen LogP contribution in [0.4, 0.5) is 5.69 Å². The van der Waals surface area contributed by atoms with E-state index < -0.39 is 10.0 Å². The second kappa shape index (κ2) is 7.57. The zero-order chi connectivity index (χ0) is 16.9. The number of nitrogens with zero attached hydrogens (tertiary/aromatic N) is 1. The molecule has 5 nitrogen and oxygen atoms in total. The van der Waals surface area contributed by atoms with E-state index in [1.807, 2.05) is 51.1 Å². The largest absolute Gasteiger partial charge is 0.383 e. The third-order valence-corrected chi connectivity index (χ3v) is 4.35. The van der Waals surface area contributed by atoms with Crippen LogP contribution in [-0.4, -0.2) is 26.5 Å². The van der Waals surface area contributed by atoms with Gasteiger partial charge in [0.2, 0.25) is 10.0 Å². The quantitative estimate of drug-likeness (QED) is 0.764. The highest BCUT2D eigenvalue weighted by molar-refractivity contribution is 7.92. The summed E-state index contributed by atoms with van der Waals surface area (Å²) in [4.78, 5) is 4.48. The van der Waals surface area contributed by atoms with Crippen molar-refractivity contribution in [2.24, 2.45) is 5.92 Å². The lowest BCUT2D eigenvalue weighted by Gasteiger charge is -2.11. The summed E-state index contributed by atoms with van der Waals surface area (Å²) in [5, 5.41) is 5.53. The summed E-state index contributed by atoms with van der Waals surface area (Å²) in [6.45, 7) is 6.63. The van der Waals surface area contributed by atoms with Crippen LogP contribution in [0.2, 0.25) is 0 Å². The minimum absolute atomic E-state index is 0.204. The van der Waals surface area contributed by atoms with Crippen LogP contribution in [0.15, 0.2) is 41.8 Å². The predicted molar refractivity (Wildman–Crippen MR) is 95.9 cm³/mol. The molecule has 2 rings (SSSR count). The summed E-state index contributed by atoms with van der Waals surface area (Å²) in [5.41, 5.74) is 2.81. The summed E-state index contributed by atoms with van der Waals surface area (Å²) in [7, 11) is -3.36. The molecule has 0 aliphatic rings. The molecule has 0 amide bonds. The van der Waals surface area contributed by atoms with Gasteiger partial charge >= 0.3 is 0 Å². The number of hydrogen-bond donors (Lipinski definition) is 2. The normalized spacial score (nSPS) is 12.3. The van der Waals surface area contributed by atoms with Crippen LogP contribution in [0.25, 0.3) is 10.9 Å². The average Bonchev–Trinajstić information content (AvgIpc) is 2.49. The van der Waals surface area contributed by atoms with Gasteiger partial charge in [-0.25, -0.2) is 13.1 Å². The lowest BCUT2D eigenvalue weighted by Crippen LogP contribution is -2.27. The van der Waals surface area contributed by atoms with E-state index >= 15 is 0 Å². The first kappa shape index (κ1) is 17.4. The lowest BCUT2D eigenvalue weighted by atomic mass is 10.1. The molecular formula is C17H23N3O2S. The first-order chi connectivity index (χ1) is 10.9. The standard InChI is InChI=1S/C17H23N3O2S/c1-13(2)8-11-23(21,22)19-10-9-18-17-12-14(3)20-16-7-5-4-6-15(16)17/h4-8,11-13,19H,9-10H2,1-3H3,(H,18,20). The summed E-state index contributed by atoms with van der Waals surface area (Å²) in [5.74, 6) is 0.204. The number of benzene rings is 1. The van der Waals surface area contributed by atoms with E-state index in [4.69, 9.17) is 0 Å². The van der Waals surface area contributed by atoms with E-state index in [9.17, 15) is 8.42 Å². The Kier molecular flexibility index (Phi) is 5.74. The number of sulfonamides is 1. The number of anilines is 1. The van der Waals surface area contributed by atoms with Crippen molar-refractivity contribution in [2.75, 3.05) is 18.4 Å². The molecule has 23 heavy (non-hydrogen) atoms. The van der Waals surface area contributed by atoms with Gasteiger partial charge in [0, 0.05) is 35.3 Å². The molecular weight excluding hydrogens is 310 g/mol. The monoisotopic (exact) mass is 333 g/mol. The van der Waals surface area contributed by atoms with Gasteiger partial charge in [-0.1, -0.05) is 38.1 Å². The maximum Gasteiger partial charge on any atom is 0.233 e. The molecule has 0 saturated heterocycles. The van der Waals surface area contributed by atoms with Crippen LogP contribution in [0, 0.1) is 12.8 Å². The van der Waals surface area contributed by atoms with Crippen molar-refractivity contribution < 1.29 is 8.42 Å². The number of aryl methyl sites for hydroxylation is 1. The van der Waals surface area contributed by atoms with Crippen LogP contribution in [0.3, 0.4) is 0 Å². The lowest BCUT2D eigenvalue weighted by molar-refractivity contribution is 0.591. The highest BCUT2D eigenvalue weighted by Gasteiger charge is 2.06. The van der Waals surface area contributed by atoms with E-state index in [-0.39, 0.29) is 5.92 Å². The molecule has 0 fully saturated rings. The number of fused-ring (bicyclic) bond motifs is 1. The number of nitrogens with one attached hydrogen (secondary N) is 2. The molecule has 0 radical (unpaired) electrons. The Morgan fingerprint density at radius 1 is 1.22 bits per heavy atom. The Morgan fingerprint density at radius 3 is 2.70 bits per heavy atom. The van der Waals surface area contributed by atoms with Crippen LogP contribution in [0.1, 0.15) is 19.5 Å². The van der Waals surface area contributed by atoms with Crippen molar-refractivity contribution in [3.8, 4) is 0 Å². The predicted octanol–water partition coefficient (Wildman–Crippen LogP) is 3.04. The van der Waals surface area contributed by atoms with Crippen molar-refractivity contribution in [2.45, 2.75) is 20.8 Å². The van der Waals surface area contributed by atoms with Gasteiger partial charge in [0.1, 0.15) is 0 Å². The van der Waals surface area contributed by atoms with Crippen LogP contribution in [-0.2, 0) is 10.0 Å². The molecule has 2 aromatic rings. The van der Waals surface area contributed by atoms with Gasteiger partial charge in [0.05, 0.1) is 5.52 Å². The zero-order valence-electron chi connectivity index (χ0n) is 13.7. The number of hydrogen-bond acceptors (Lipinski definition) is 4. The molecule has 0 aliphatic carbocycles. The van der Waals surface area contributed by atoms with E-state index in [1.54, 1.807) is 6.08 Å². The topological polar surface area (TPSA) is 71.1 Å². The number of aromatic nitrogens is 1. The summed E-state index contributed by atoms with van der Waals surface area (Å²) in [6.07, 6.45) is 1.66. The van der Waals surface area contributed by atoms with Gasteiger partial charge in [-0.2, -0.15) is 0 Å². The maximum absolute atomic E-state index is 11.8. The van der Waals surface area contributed by atoms with Crippen molar-refractivity contribution in [1.29, 1.82) is 0 Å². The van der Waals surface area contributed by atoms with E-state index in [2.05, 4.69) is 15.0 Å². The molecule has 0 saturated carbocycles. The summed E-state index contributed by atoms with van der Waals surface area (Å²) < 4.78 is 26.1. The zero-order valence-corrected chi connectivity index (χ0v) is 14.5. The fourth-order valence-electron chi connectivity index (χ4n) is 2.15. The second-order valence-corrected chi connectivity index (χ2v) is 7.42. The molecule has 0 aliphatic heterocycles. The Hall–Kier alpha value is -1.92. The summed E-state index contributed by atoms with van der Waals surface area (Å²) >= 11 is 0. The van der Waals surface area contributed by atoms with Crippen molar-refractivity contribution >= 4 is 26.6 Å². The molecule has 1 aromatic heterocycles. The molecule has 1 heterocycles. The number of pyridine rings is 1. The molecule has 6 heteroatoms. The Balaban J connectivity index is 1.97. The minimum atomic E-state index is -3.36. The van der Waals surface area contributed by atoms with E-state index in [0.29, 0.717) is 13.1 Å². The van der Waals surface area contributed by atoms with Crippen LogP contribution in [0.5, 0.6) is 0 Å². The Morgan fingerprint density at radius 2 is 1.96 bits per heavy atom. The fourth-order valence-corrected chi connectivity index (χ4v) is 3.16. The fraction of sp³-hybridized carbons (Fsp3) is 0.353. The van der Waals surface area contributed by atoms with Crippen molar-refractivity contribution in [1.82, 2.24) is 9.71 Å². The van der Waals surface area contributed by atoms with Gasteiger partial charge < -0.3 is 5.32 Å². The van der Waals surface area contributed by atoms with Gasteiger partial charge in [-0.3, -0.25) is 4.98 Å². The Labute approximate surface area is 137 Å². The highest BCUT2D eigenvalue weighted by atomic mass is 32.2. The molecule has 1 aromatic carbocycles. The van der Waals surface area contributed by atoms with E-state index in [0.717, 1.165) is 22.3 Å². The smallest absolute Gasteiger partial charge is 0.233 e. The van der Waals surface area contributed by atoms with Gasteiger partial charge in [0.15, 0.2) is 0 Å². The molecule has 0 bridgehead atoms.